The Morgan fingerprint density at radius 1 is 1.05 bits per heavy atom. The zero-order valence-corrected chi connectivity index (χ0v) is 21.1. The van der Waals surface area contributed by atoms with Gasteiger partial charge < -0.3 is 20.9 Å². The van der Waals surface area contributed by atoms with Gasteiger partial charge in [0.1, 0.15) is 23.4 Å². The monoisotopic (exact) mass is 505 g/mol. The van der Waals surface area contributed by atoms with E-state index in [0.29, 0.717) is 35.2 Å². The van der Waals surface area contributed by atoms with Crippen LogP contribution in [0, 0.1) is 28.9 Å². The molecule has 37 heavy (non-hydrogen) atoms. The molecule has 1 aliphatic heterocycles. The molecule has 0 amide bonds. The summed E-state index contributed by atoms with van der Waals surface area (Å²) in [4.78, 5) is 4.45. The van der Waals surface area contributed by atoms with Gasteiger partial charge in [-0.25, -0.2) is 13.5 Å². The smallest absolute Gasteiger partial charge is 0.151 e. The molecule has 2 aromatic carbocycles. The number of nitrogens with two attached hydrogens (primary N) is 1. The molecule has 3 aromatic rings. The van der Waals surface area contributed by atoms with Crippen LogP contribution in [0.2, 0.25) is 0 Å². The van der Waals surface area contributed by atoms with E-state index in [1.54, 1.807) is 28.9 Å². The molecule has 7 nitrogen and oxygen atoms in total. The van der Waals surface area contributed by atoms with Crippen LogP contribution in [0.4, 0.5) is 20.3 Å². The third-order valence-electron chi connectivity index (χ3n) is 7.52. The number of hydrogen-bond donors (Lipinski definition) is 2. The summed E-state index contributed by atoms with van der Waals surface area (Å²) in [6, 6.07) is 13.5. The molecule has 0 spiro atoms. The Kier molecular flexibility index (Phi) is 7.40. The van der Waals surface area contributed by atoms with E-state index in [0.717, 1.165) is 57.5 Å². The highest BCUT2D eigenvalue weighted by Crippen LogP contribution is 2.30. The maximum absolute atomic E-state index is 15.5. The molecular formula is C28H33F2N7. The van der Waals surface area contributed by atoms with Crippen molar-refractivity contribution in [3.63, 3.8) is 0 Å². The summed E-state index contributed by atoms with van der Waals surface area (Å²) in [6.45, 7) is 4.27. The van der Waals surface area contributed by atoms with Gasteiger partial charge in [-0.15, -0.1) is 0 Å². The predicted molar refractivity (Wildman–Crippen MR) is 142 cm³/mol. The van der Waals surface area contributed by atoms with Gasteiger partial charge in [-0.05, 0) is 62.6 Å². The highest BCUT2D eigenvalue weighted by Gasteiger charge is 2.22. The minimum Gasteiger partial charge on any atom is -0.370 e. The van der Waals surface area contributed by atoms with E-state index in [4.69, 9.17) is 11.0 Å². The van der Waals surface area contributed by atoms with Gasteiger partial charge in [-0.1, -0.05) is 12.5 Å². The zero-order valence-electron chi connectivity index (χ0n) is 21.1. The number of nitriles is 1. The normalized spacial score (nSPS) is 20.6. The van der Waals surface area contributed by atoms with Crippen molar-refractivity contribution in [2.24, 2.45) is 11.7 Å². The number of nitrogens with zero attached hydrogens (tertiary/aromatic N) is 5. The molecule has 1 saturated carbocycles. The maximum Gasteiger partial charge on any atom is 0.151 e. The van der Waals surface area contributed by atoms with Crippen LogP contribution < -0.4 is 16.0 Å². The van der Waals surface area contributed by atoms with Crippen molar-refractivity contribution in [1.82, 2.24) is 14.7 Å². The molecule has 9 heteroatoms. The molecule has 1 aliphatic carbocycles. The summed E-state index contributed by atoms with van der Waals surface area (Å²) in [5.74, 6) is 0.0697. The molecule has 2 heterocycles. The Morgan fingerprint density at radius 3 is 2.57 bits per heavy atom. The number of rotatable bonds is 6. The molecule has 1 saturated heterocycles. The first-order valence-electron chi connectivity index (χ1n) is 12.9. The maximum atomic E-state index is 15.5. The van der Waals surface area contributed by atoms with Gasteiger partial charge in [0.2, 0.25) is 0 Å². The molecule has 194 valence electrons. The Labute approximate surface area is 216 Å². The van der Waals surface area contributed by atoms with Crippen molar-refractivity contribution in [1.29, 1.82) is 5.26 Å². The third-order valence-corrected chi connectivity index (χ3v) is 7.52. The van der Waals surface area contributed by atoms with Crippen LogP contribution in [-0.4, -0.2) is 60.5 Å². The molecule has 1 aromatic heterocycles. The molecule has 0 bridgehead atoms. The molecule has 0 radical (unpaired) electrons. The summed E-state index contributed by atoms with van der Waals surface area (Å²) < 4.78 is 31.4. The topological polar surface area (TPSA) is 86.1 Å². The van der Waals surface area contributed by atoms with Crippen LogP contribution in [0.5, 0.6) is 0 Å². The molecule has 2 aliphatic rings. The molecule has 2 atom stereocenters. The fourth-order valence-corrected chi connectivity index (χ4v) is 5.29. The quantitative estimate of drug-likeness (QED) is 0.518. The number of likely N-dealkylation sites (N-methyl/N-ethyl adjacent to an activating group) is 1. The average Bonchev–Trinajstić information content (AvgIpc) is 3.32. The van der Waals surface area contributed by atoms with Gasteiger partial charge in [0, 0.05) is 56.1 Å². The average molecular weight is 506 g/mol. The van der Waals surface area contributed by atoms with Crippen LogP contribution in [0.3, 0.4) is 0 Å². The van der Waals surface area contributed by atoms with Crippen LogP contribution in [0.25, 0.3) is 16.9 Å². The van der Waals surface area contributed by atoms with Crippen molar-refractivity contribution in [3.8, 4) is 23.0 Å². The van der Waals surface area contributed by atoms with Crippen LogP contribution in [-0.2, 0) is 0 Å². The number of anilines is 2. The van der Waals surface area contributed by atoms with Crippen LogP contribution in [0.15, 0.2) is 42.5 Å². The van der Waals surface area contributed by atoms with E-state index in [1.807, 2.05) is 12.1 Å². The standard InChI is InChI=1S/C28H33F2N7/c1-35-9-11-36(12-10-35)23-7-8-27(25(30)15-23)37-28(33-18-19-3-2-4-22(32)13-19)16-26(34-37)20-5-6-21(17-31)24(29)14-20/h5-8,14-16,19,22,33H,2-4,9-13,18,32H2,1H3/t19-,22-/m0/s1. The van der Waals surface area contributed by atoms with Crippen molar-refractivity contribution in [3.05, 3.63) is 59.7 Å². The minimum atomic E-state index is -0.608. The Bertz CT molecular complexity index is 1290. The number of piperazine rings is 1. The molecule has 5 rings (SSSR count). The molecule has 2 fully saturated rings. The van der Waals surface area contributed by atoms with Crippen LogP contribution >= 0.6 is 0 Å². The van der Waals surface area contributed by atoms with Gasteiger partial charge in [-0.3, -0.25) is 0 Å². The highest BCUT2D eigenvalue weighted by molar-refractivity contribution is 5.66. The van der Waals surface area contributed by atoms with Gasteiger partial charge in [0.05, 0.1) is 11.3 Å². The second-order valence-corrected chi connectivity index (χ2v) is 10.2. The number of hydrogen-bond acceptors (Lipinski definition) is 6. The summed E-state index contributed by atoms with van der Waals surface area (Å²) >= 11 is 0. The molecule has 3 N–H and O–H groups in total. The first-order chi connectivity index (χ1) is 17.9. The summed E-state index contributed by atoms with van der Waals surface area (Å²) in [7, 11) is 2.09. The van der Waals surface area contributed by atoms with Crippen molar-refractivity contribution in [2.45, 2.75) is 31.7 Å². The van der Waals surface area contributed by atoms with E-state index >= 15 is 4.39 Å². The summed E-state index contributed by atoms with van der Waals surface area (Å²) in [5.41, 5.74) is 8.33. The number of aromatic nitrogens is 2. The lowest BCUT2D eigenvalue weighted by molar-refractivity contribution is 0.312. The van der Waals surface area contributed by atoms with Crippen molar-refractivity contribution in [2.75, 3.05) is 50.0 Å². The van der Waals surface area contributed by atoms with Crippen molar-refractivity contribution >= 4 is 11.5 Å². The first kappa shape index (κ1) is 25.2. The van der Waals surface area contributed by atoms with E-state index in [-0.39, 0.29) is 17.4 Å². The Hall–Kier alpha value is -3.48. The van der Waals surface area contributed by atoms with Crippen LogP contribution in [0.1, 0.15) is 31.2 Å². The van der Waals surface area contributed by atoms with E-state index in [1.165, 1.54) is 12.1 Å². The number of nitrogens with one attached hydrogen (secondary N) is 1. The lowest BCUT2D eigenvalue weighted by Gasteiger charge is -2.34. The number of benzene rings is 2. The third kappa shape index (κ3) is 5.60. The highest BCUT2D eigenvalue weighted by atomic mass is 19.1. The van der Waals surface area contributed by atoms with Gasteiger partial charge in [0.15, 0.2) is 5.82 Å². The first-order valence-corrected chi connectivity index (χ1v) is 12.9. The fraction of sp³-hybridized carbons (Fsp3) is 0.429. The largest absolute Gasteiger partial charge is 0.370 e. The zero-order chi connectivity index (χ0) is 25.9. The summed E-state index contributed by atoms with van der Waals surface area (Å²) in [5, 5.41) is 17.2. The summed E-state index contributed by atoms with van der Waals surface area (Å²) in [6.07, 6.45) is 4.19. The predicted octanol–water partition coefficient (Wildman–Crippen LogP) is 4.37. The minimum absolute atomic E-state index is 0.0271. The van der Waals surface area contributed by atoms with E-state index in [2.05, 4.69) is 27.3 Å². The fourth-order valence-electron chi connectivity index (χ4n) is 5.29. The van der Waals surface area contributed by atoms with Gasteiger partial charge >= 0.3 is 0 Å². The van der Waals surface area contributed by atoms with E-state index in [9.17, 15) is 4.39 Å². The SMILES string of the molecule is CN1CCN(c2ccc(-n3nc(-c4ccc(C#N)c(F)c4)cc3NC[C@H]3CCC[C@H](N)C3)c(F)c2)CC1. The lowest BCUT2D eigenvalue weighted by atomic mass is 9.86. The van der Waals surface area contributed by atoms with Gasteiger partial charge in [-0.2, -0.15) is 10.4 Å². The van der Waals surface area contributed by atoms with Crippen molar-refractivity contribution < 1.29 is 8.78 Å². The second kappa shape index (κ2) is 10.9. The number of halogens is 2. The lowest BCUT2D eigenvalue weighted by Crippen LogP contribution is -2.44. The molecule has 0 unspecified atom stereocenters. The molecular weight excluding hydrogens is 472 g/mol. The second-order valence-electron chi connectivity index (χ2n) is 10.2. The Morgan fingerprint density at radius 2 is 1.86 bits per heavy atom. The van der Waals surface area contributed by atoms with Gasteiger partial charge in [0.25, 0.3) is 0 Å². The van der Waals surface area contributed by atoms with E-state index < -0.39 is 5.82 Å². The Balaban J connectivity index is 1.46.